The molecule has 3 N–H and O–H groups in total. The Labute approximate surface area is 122 Å². The van der Waals surface area contributed by atoms with Crippen LogP contribution in [0.15, 0.2) is 22.5 Å². The van der Waals surface area contributed by atoms with Crippen molar-refractivity contribution in [3.63, 3.8) is 0 Å². The van der Waals surface area contributed by atoms with Gasteiger partial charge in [0.1, 0.15) is 15.7 Å². The van der Waals surface area contributed by atoms with Crippen LogP contribution in [-0.2, 0) is 10.0 Å². The van der Waals surface area contributed by atoms with Gasteiger partial charge in [0.2, 0.25) is 10.0 Å². The number of sulfonamides is 1. The number of nitrogens with two attached hydrogens (primary N) is 1. The molecular weight excluding hydrogens is 296 g/mol. The van der Waals surface area contributed by atoms with Gasteiger partial charge in [-0.25, -0.2) is 23.1 Å². The summed E-state index contributed by atoms with van der Waals surface area (Å²) in [7, 11) is -3.64. The Hall–Kier alpha value is -1.51. The van der Waals surface area contributed by atoms with Crippen LogP contribution in [0.5, 0.6) is 0 Å². The van der Waals surface area contributed by atoms with Crippen LogP contribution in [0.2, 0.25) is 0 Å². The smallest absolute Gasteiger partial charge is 0.242 e. The Morgan fingerprint density at radius 2 is 2.10 bits per heavy atom. The number of hydrogen-bond donors (Lipinski definition) is 2. The van der Waals surface area contributed by atoms with Gasteiger partial charge in [-0.3, -0.25) is 0 Å². The van der Waals surface area contributed by atoms with E-state index in [1.54, 1.807) is 13.8 Å². The van der Waals surface area contributed by atoms with Crippen molar-refractivity contribution in [3.05, 3.63) is 33.9 Å². The van der Waals surface area contributed by atoms with E-state index in [9.17, 15) is 8.42 Å². The fraction of sp³-hybridized carbons (Fsp3) is 0.333. The second kappa shape index (κ2) is 5.47. The fourth-order valence-corrected chi connectivity index (χ4v) is 3.74. The monoisotopic (exact) mass is 312 g/mol. The van der Waals surface area contributed by atoms with Crippen LogP contribution in [0.1, 0.15) is 29.2 Å². The minimum atomic E-state index is -3.64. The molecule has 0 bridgehead atoms. The molecule has 1 atom stereocenters. The molecule has 0 amide bonds. The van der Waals surface area contributed by atoms with Crippen molar-refractivity contribution < 1.29 is 8.42 Å². The zero-order valence-corrected chi connectivity index (χ0v) is 13.0. The van der Waals surface area contributed by atoms with Crippen molar-refractivity contribution in [2.75, 3.05) is 5.73 Å². The lowest BCUT2D eigenvalue weighted by Gasteiger charge is -2.12. The van der Waals surface area contributed by atoms with Crippen LogP contribution < -0.4 is 10.5 Å². The van der Waals surface area contributed by atoms with Crippen LogP contribution >= 0.6 is 11.3 Å². The number of aryl methyl sites for hydroxylation is 2. The van der Waals surface area contributed by atoms with Crippen LogP contribution in [0.25, 0.3) is 0 Å². The Kier molecular flexibility index (Phi) is 4.07. The minimum Gasteiger partial charge on any atom is -0.383 e. The first kappa shape index (κ1) is 14.9. The normalized spacial score (nSPS) is 13.3. The van der Waals surface area contributed by atoms with Crippen molar-refractivity contribution in [2.24, 2.45) is 0 Å². The summed E-state index contributed by atoms with van der Waals surface area (Å²) in [5.41, 5.74) is 7.10. The lowest BCUT2D eigenvalue weighted by atomic mass is 10.3. The van der Waals surface area contributed by atoms with Gasteiger partial charge in [0.15, 0.2) is 0 Å². The maximum atomic E-state index is 12.3. The van der Waals surface area contributed by atoms with Gasteiger partial charge in [-0.2, -0.15) is 0 Å². The number of anilines is 1. The Balaban J connectivity index is 2.24. The molecular formula is C12H16N4O2S2. The lowest BCUT2D eigenvalue weighted by molar-refractivity contribution is 0.565. The quantitative estimate of drug-likeness (QED) is 0.896. The van der Waals surface area contributed by atoms with E-state index < -0.39 is 16.1 Å². The van der Waals surface area contributed by atoms with Crippen molar-refractivity contribution in [1.82, 2.24) is 14.7 Å². The molecule has 0 radical (unpaired) electrons. The first-order chi connectivity index (χ1) is 9.29. The van der Waals surface area contributed by atoms with Gasteiger partial charge in [-0.1, -0.05) is 0 Å². The molecule has 2 heterocycles. The van der Waals surface area contributed by atoms with E-state index in [0.717, 1.165) is 10.7 Å². The molecule has 0 spiro atoms. The van der Waals surface area contributed by atoms with Gasteiger partial charge < -0.3 is 5.73 Å². The molecule has 0 saturated carbocycles. The van der Waals surface area contributed by atoms with E-state index in [2.05, 4.69) is 14.7 Å². The summed E-state index contributed by atoms with van der Waals surface area (Å²) in [5.74, 6) is 0.326. The molecule has 2 aromatic heterocycles. The number of pyridine rings is 1. The molecule has 6 nitrogen and oxygen atoms in total. The zero-order chi connectivity index (χ0) is 14.9. The highest BCUT2D eigenvalue weighted by atomic mass is 32.2. The predicted octanol–water partition coefficient (Wildman–Crippen LogP) is 1.78. The molecule has 20 heavy (non-hydrogen) atoms. The molecule has 0 fully saturated rings. The minimum absolute atomic E-state index is 0.101. The highest BCUT2D eigenvalue weighted by molar-refractivity contribution is 7.89. The summed E-state index contributed by atoms with van der Waals surface area (Å²) >= 11 is 1.43. The molecule has 0 aliphatic carbocycles. The van der Waals surface area contributed by atoms with Crippen LogP contribution in [-0.4, -0.2) is 18.4 Å². The number of nitrogens with one attached hydrogen (secondary N) is 1. The third-order valence-corrected chi connectivity index (χ3v) is 5.40. The van der Waals surface area contributed by atoms with E-state index in [-0.39, 0.29) is 4.90 Å². The Morgan fingerprint density at radius 3 is 2.65 bits per heavy atom. The molecule has 1 unspecified atom stereocenters. The number of thiazole rings is 1. The van der Waals surface area contributed by atoms with Crippen LogP contribution in [0.4, 0.5) is 5.82 Å². The van der Waals surface area contributed by atoms with E-state index in [1.807, 2.05) is 12.3 Å². The first-order valence-electron chi connectivity index (χ1n) is 5.96. The van der Waals surface area contributed by atoms with Crippen LogP contribution in [0, 0.1) is 13.8 Å². The molecule has 0 saturated heterocycles. The van der Waals surface area contributed by atoms with Crippen molar-refractivity contribution in [3.8, 4) is 0 Å². The molecule has 108 valence electrons. The zero-order valence-electron chi connectivity index (χ0n) is 11.4. The van der Waals surface area contributed by atoms with E-state index in [4.69, 9.17) is 5.73 Å². The molecule has 0 aliphatic rings. The van der Waals surface area contributed by atoms with Gasteiger partial charge in [0.05, 0.1) is 6.04 Å². The molecule has 8 heteroatoms. The average molecular weight is 312 g/mol. The maximum absolute atomic E-state index is 12.3. The maximum Gasteiger partial charge on any atom is 0.242 e. The van der Waals surface area contributed by atoms with Crippen molar-refractivity contribution >= 4 is 27.2 Å². The summed E-state index contributed by atoms with van der Waals surface area (Å²) in [5, 5.41) is 2.61. The van der Waals surface area contributed by atoms with Gasteiger partial charge in [-0.05, 0) is 32.4 Å². The van der Waals surface area contributed by atoms with Gasteiger partial charge in [-0.15, -0.1) is 11.3 Å². The van der Waals surface area contributed by atoms with Gasteiger partial charge in [0, 0.05) is 17.3 Å². The summed E-state index contributed by atoms with van der Waals surface area (Å²) in [6.07, 6.45) is 1.25. The van der Waals surface area contributed by atoms with E-state index in [1.165, 1.54) is 23.6 Å². The largest absolute Gasteiger partial charge is 0.383 e. The fourth-order valence-electron chi connectivity index (χ4n) is 1.63. The third kappa shape index (κ3) is 3.14. The van der Waals surface area contributed by atoms with Crippen molar-refractivity contribution in [1.29, 1.82) is 0 Å². The SMILES string of the molecule is Cc1csc(C(C)NS(=O)(=O)c2cnc(N)c(C)c2)n1. The number of rotatable bonds is 4. The van der Waals surface area contributed by atoms with E-state index in [0.29, 0.717) is 11.4 Å². The topological polar surface area (TPSA) is 98.0 Å². The molecule has 0 aliphatic heterocycles. The lowest BCUT2D eigenvalue weighted by Crippen LogP contribution is -2.27. The molecule has 2 rings (SSSR count). The first-order valence-corrected chi connectivity index (χ1v) is 8.32. The number of nitrogen functional groups attached to an aromatic ring is 1. The average Bonchev–Trinajstić information content (AvgIpc) is 2.79. The molecule has 0 aromatic carbocycles. The Morgan fingerprint density at radius 1 is 1.40 bits per heavy atom. The van der Waals surface area contributed by atoms with Gasteiger partial charge >= 0.3 is 0 Å². The predicted molar refractivity (Wildman–Crippen MR) is 79.0 cm³/mol. The number of hydrogen-bond acceptors (Lipinski definition) is 6. The standard InChI is InChI=1S/C12H16N4O2S2/c1-7-4-10(5-14-11(7)13)20(17,18)16-9(3)12-15-8(2)6-19-12/h4-6,9,16H,1-3H3,(H2,13,14). The number of nitrogens with zero attached hydrogens (tertiary/aromatic N) is 2. The van der Waals surface area contributed by atoms with E-state index >= 15 is 0 Å². The highest BCUT2D eigenvalue weighted by Crippen LogP contribution is 2.21. The second-order valence-corrected chi connectivity index (χ2v) is 7.15. The second-order valence-electron chi connectivity index (χ2n) is 4.54. The molecule has 2 aromatic rings. The highest BCUT2D eigenvalue weighted by Gasteiger charge is 2.21. The Bertz CT molecular complexity index is 725. The summed E-state index contributed by atoms with van der Waals surface area (Å²) < 4.78 is 27.1. The summed E-state index contributed by atoms with van der Waals surface area (Å²) in [4.78, 5) is 8.25. The van der Waals surface area contributed by atoms with Gasteiger partial charge in [0.25, 0.3) is 0 Å². The summed E-state index contributed by atoms with van der Waals surface area (Å²) in [6.45, 7) is 5.34. The number of aromatic nitrogens is 2. The third-order valence-electron chi connectivity index (χ3n) is 2.74. The van der Waals surface area contributed by atoms with Crippen molar-refractivity contribution in [2.45, 2.75) is 31.7 Å². The van der Waals surface area contributed by atoms with Crippen LogP contribution in [0.3, 0.4) is 0 Å². The summed E-state index contributed by atoms with van der Waals surface area (Å²) in [6, 6.07) is 1.11.